The lowest BCUT2D eigenvalue weighted by atomic mass is 9.72. The van der Waals surface area contributed by atoms with Crippen LogP contribution in [-0.2, 0) is 0 Å². The van der Waals surface area contributed by atoms with Gasteiger partial charge in [0.15, 0.2) is 0 Å². The molecule has 0 bridgehead atoms. The lowest BCUT2D eigenvalue weighted by Gasteiger charge is -2.49. The Morgan fingerprint density at radius 3 is 2.15 bits per heavy atom. The lowest BCUT2D eigenvalue weighted by molar-refractivity contribution is 0.0285. The number of nitrogens with zero attached hydrogens (tertiary/aromatic N) is 1. The van der Waals surface area contributed by atoms with E-state index in [-0.39, 0.29) is 0 Å². The first-order valence-electron chi connectivity index (χ1n) is 9.21. The molecule has 0 aliphatic heterocycles. The first-order valence-corrected chi connectivity index (χ1v) is 9.21. The predicted molar refractivity (Wildman–Crippen MR) is 87.9 cm³/mol. The van der Waals surface area contributed by atoms with E-state index in [0.717, 1.165) is 18.4 Å². The summed E-state index contributed by atoms with van der Waals surface area (Å²) in [6.07, 6.45) is 13.9. The van der Waals surface area contributed by atoms with Crippen LogP contribution in [0, 0.1) is 11.8 Å². The third-order valence-electron chi connectivity index (χ3n) is 5.76. The molecule has 2 fully saturated rings. The van der Waals surface area contributed by atoms with Crippen LogP contribution in [0.25, 0.3) is 0 Å². The highest BCUT2D eigenvalue weighted by molar-refractivity contribution is 4.99. The van der Waals surface area contributed by atoms with Gasteiger partial charge in [-0.3, -0.25) is 4.90 Å². The van der Waals surface area contributed by atoms with Crippen LogP contribution in [0.15, 0.2) is 0 Å². The summed E-state index contributed by atoms with van der Waals surface area (Å²) in [5.74, 6) is 2.04. The first-order chi connectivity index (χ1) is 9.75. The maximum Gasteiger partial charge on any atom is 0.0334 e. The van der Waals surface area contributed by atoms with Crippen LogP contribution in [-0.4, -0.2) is 30.1 Å². The maximum atomic E-state index is 6.32. The van der Waals surface area contributed by atoms with Crippen LogP contribution in [0.4, 0.5) is 0 Å². The molecule has 2 aliphatic rings. The Balaban J connectivity index is 2.02. The molecule has 2 heteroatoms. The lowest BCUT2D eigenvalue weighted by Crippen LogP contribution is -2.57. The highest BCUT2D eigenvalue weighted by atomic mass is 15.2. The summed E-state index contributed by atoms with van der Waals surface area (Å²) >= 11 is 0. The fourth-order valence-corrected chi connectivity index (χ4v) is 4.24. The standard InChI is InChI=1S/C18H36N2/c1-3-5-12-20(13-6-4-2)18(15-19)11-7-8-17(14-18)16-9-10-16/h16-17H,3-15,19H2,1-2H3. The molecule has 0 spiro atoms. The fourth-order valence-electron chi connectivity index (χ4n) is 4.24. The van der Waals surface area contributed by atoms with Gasteiger partial charge in [0, 0.05) is 12.1 Å². The van der Waals surface area contributed by atoms with Crippen LogP contribution in [0.3, 0.4) is 0 Å². The van der Waals surface area contributed by atoms with E-state index >= 15 is 0 Å². The molecule has 2 aliphatic carbocycles. The zero-order valence-electron chi connectivity index (χ0n) is 13.9. The minimum absolute atomic E-state index is 0.343. The van der Waals surface area contributed by atoms with E-state index in [1.54, 1.807) is 0 Å². The van der Waals surface area contributed by atoms with E-state index in [0.29, 0.717) is 5.54 Å². The van der Waals surface area contributed by atoms with Crippen LogP contribution in [0.1, 0.15) is 78.1 Å². The first kappa shape index (κ1) is 16.3. The van der Waals surface area contributed by atoms with E-state index in [1.807, 2.05) is 0 Å². The number of nitrogens with two attached hydrogens (primary N) is 1. The van der Waals surface area contributed by atoms with Gasteiger partial charge in [0.2, 0.25) is 0 Å². The maximum absolute atomic E-state index is 6.32. The molecule has 2 nitrogen and oxygen atoms in total. The van der Waals surface area contributed by atoms with Crippen molar-refractivity contribution in [3.05, 3.63) is 0 Å². The van der Waals surface area contributed by atoms with Crippen molar-refractivity contribution >= 4 is 0 Å². The van der Waals surface area contributed by atoms with Crippen molar-refractivity contribution in [3.8, 4) is 0 Å². The van der Waals surface area contributed by atoms with Gasteiger partial charge in [0.05, 0.1) is 0 Å². The Kier molecular flexibility index (Phi) is 6.35. The normalized spacial score (nSPS) is 30.9. The van der Waals surface area contributed by atoms with Crippen molar-refractivity contribution in [2.24, 2.45) is 17.6 Å². The predicted octanol–water partition coefficient (Wildman–Crippen LogP) is 4.19. The molecular weight excluding hydrogens is 244 g/mol. The Labute approximate surface area is 126 Å². The molecule has 0 aromatic carbocycles. The Morgan fingerprint density at radius 2 is 1.65 bits per heavy atom. The van der Waals surface area contributed by atoms with Gasteiger partial charge in [-0.2, -0.15) is 0 Å². The van der Waals surface area contributed by atoms with Crippen molar-refractivity contribution in [3.63, 3.8) is 0 Å². The minimum atomic E-state index is 0.343. The van der Waals surface area contributed by atoms with E-state index < -0.39 is 0 Å². The molecule has 2 atom stereocenters. The summed E-state index contributed by atoms with van der Waals surface area (Å²) in [6, 6.07) is 0. The van der Waals surface area contributed by atoms with E-state index in [9.17, 15) is 0 Å². The van der Waals surface area contributed by atoms with Gasteiger partial charge >= 0.3 is 0 Å². The van der Waals surface area contributed by atoms with Crippen molar-refractivity contribution < 1.29 is 0 Å². The highest BCUT2D eigenvalue weighted by Gasteiger charge is 2.44. The topological polar surface area (TPSA) is 29.3 Å². The highest BCUT2D eigenvalue weighted by Crippen LogP contribution is 2.48. The Hall–Kier alpha value is -0.0800. The number of hydrogen-bond acceptors (Lipinski definition) is 2. The van der Waals surface area contributed by atoms with Crippen molar-refractivity contribution in [2.45, 2.75) is 83.6 Å². The molecule has 20 heavy (non-hydrogen) atoms. The monoisotopic (exact) mass is 280 g/mol. The fraction of sp³-hybridized carbons (Fsp3) is 1.00. The molecule has 0 radical (unpaired) electrons. The number of rotatable bonds is 9. The van der Waals surface area contributed by atoms with Gasteiger partial charge < -0.3 is 5.73 Å². The number of hydrogen-bond donors (Lipinski definition) is 1. The summed E-state index contributed by atoms with van der Waals surface area (Å²) in [5, 5.41) is 0. The average Bonchev–Trinajstić information content (AvgIpc) is 3.32. The second kappa shape index (κ2) is 7.79. The molecule has 2 saturated carbocycles. The average molecular weight is 280 g/mol. The second-order valence-corrected chi connectivity index (χ2v) is 7.32. The largest absolute Gasteiger partial charge is 0.329 e. The third kappa shape index (κ3) is 3.98. The van der Waals surface area contributed by atoms with Crippen LogP contribution in [0.2, 0.25) is 0 Å². The van der Waals surface area contributed by atoms with E-state index in [2.05, 4.69) is 18.7 Å². The molecule has 2 N–H and O–H groups in total. The van der Waals surface area contributed by atoms with E-state index in [1.165, 1.54) is 77.3 Å². The number of unbranched alkanes of at least 4 members (excludes halogenated alkanes) is 2. The van der Waals surface area contributed by atoms with Crippen molar-refractivity contribution in [1.29, 1.82) is 0 Å². The summed E-state index contributed by atoms with van der Waals surface area (Å²) in [7, 11) is 0. The molecule has 0 aromatic heterocycles. The van der Waals surface area contributed by atoms with Crippen LogP contribution < -0.4 is 5.73 Å². The van der Waals surface area contributed by atoms with Crippen LogP contribution >= 0.6 is 0 Å². The third-order valence-corrected chi connectivity index (χ3v) is 5.76. The Bertz CT molecular complexity index is 267. The summed E-state index contributed by atoms with van der Waals surface area (Å²) in [5.41, 5.74) is 6.67. The quantitative estimate of drug-likeness (QED) is 0.686. The molecule has 2 rings (SSSR count). The van der Waals surface area contributed by atoms with E-state index in [4.69, 9.17) is 5.73 Å². The van der Waals surface area contributed by atoms with Gasteiger partial charge in [0.25, 0.3) is 0 Å². The second-order valence-electron chi connectivity index (χ2n) is 7.32. The molecule has 0 heterocycles. The summed E-state index contributed by atoms with van der Waals surface area (Å²) in [4.78, 5) is 2.80. The molecule has 0 aromatic rings. The van der Waals surface area contributed by atoms with Crippen molar-refractivity contribution in [1.82, 2.24) is 4.90 Å². The zero-order chi connectivity index (χ0) is 14.4. The van der Waals surface area contributed by atoms with Gasteiger partial charge in [-0.1, -0.05) is 39.5 Å². The van der Waals surface area contributed by atoms with Gasteiger partial charge in [-0.25, -0.2) is 0 Å². The summed E-state index contributed by atoms with van der Waals surface area (Å²) < 4.78 is 0. The Morgan fingerprint density at radius 1 is 1.00 bits per heavy atom. The zero-order valence-corrected chi connectivity index (χ0v) is 13.9. The molecule has 118 valence electrons. The van der Waals surface area contributed by atoms with Gasteiger partial charge in [-0.15, -0.1) is 0 Å². The molecule has 0 saturated heterocycles. The van der Waals surface area contributed by atoms with Gasteiger partial charge in [-0.05, 0) is 63.5 Å². The summed E-state index contributed by atoms with van der Waals surface area (Å²) in [6.45, 7) is 8.03. The smallest absolute Gasteiger partial charge is 0.0334 e. The minimum Gasteiger partial charge on any atom is -0.329 e. The van der Waals surface area contributed by atoms with Gasteiger partial charge in [0.1, 0.15) is 0 Å². The van der Waals surface area contributed by atoms with Crippen LogP contribution in [0.5, 0.6) is 0 Å². The molecule has 2 unspecified atom stereocenters. The van der Waals surface area contributed by atoms with Crippen molar-refractivity contribution in [2.75, 3.05) is 19.6 Å². The SMILES string of the molecule is CCCCN(CCCC)C1(CN)CCCC(C2CC2)C1. The molecule has 0 amide bonds. The molecular formula is C18H36N2.